The number of carbonyl (C=O) groups is 2. The highest BCUT2D eigenvalue weighted by Gasteiger charge is 2.42. The van der Waals surface area contributed by atoms with Gasteiger partial charge in [-0.2, -0.15) is 0 Å². The van der Waals surface area contributed by atoms with Gasteiger partial charge in [0.05, 0.1) is 17.9 Å². The number of amides is 1. The van der Waals surface area contributed by atoms with Gasteiger partial charge in [-0.3, -0.25) is 9.59 Å². The standard InChI is InChI=1S/C13H22N2O3/c1-15(12(18)10-8-14-9-10)13(7-11(16)17)5-3-2-4-6-13/h10,14H,2-9H2,1H3,(H,16,17). The van der Waals surface area contributed by atoms with Crippen molar-refractivity contribution in [3.8, 4) is 0 Å². The number of aliphatic carboxylic acids is 1. The summed E-state index contributed by atoms with van der Waals surface area (Å²) in [5, 5.41) is 12.2. The van der Waals surface area contributed by atoms with Gasteiger partial charge >= 0.3 is 5.97 Å². The Labute approximate surface area is 108 Å². The summed E-state index contributed by atoms with van der Waals surface area (Å²) in [5.41, 5.74) is -0.448. The Bertz CT molecular complexity index is 333. The first-order valence-electron chi connectivity index (χ1n) is 6.75. The van der Waals surface area contributed by atoms with Crippen LogP contribution in [-0.4, -0.2) is 47.6 Å². The third kappa shape index (κ3) is 2.51. The molecule has 0 bridgehead atoms. The quantitative estimate of drug-likeness (QED) is 0.780. The van der Waals surface area contributed by atoms with Crippen LogP contribution >= 0.6 is 0 Å². The Kier molecular flexibility index (Phi) is 3.90. The molecule has 2 N–H and O–H groups in total. The molecule has 0 aromatic rings. The Morgan fingerprint density at radius 1 is 1.28 bits per heavy atom. The van der Waals surface area contributed by atoms with E-state index in [2.05, 4.69) is 5.32 Å². The molecule has 1 aliphatic heterocycles. The van der Waals surface area contributed by atoms with Crippen molar-refractivity contribution in [3.05, 3.63) is 0 Å². The number of carboxylic acids is 1. The fraction of sp³-hybridized carbons (Fsp3) is 0.846. The summed E-state index contributed by atoms with van der Waals surface area (Å²) in [6, 6.07) is 0. The first-order valence-corrected chi connectivity index (χ1v) is 6.75. The number of rotatable bonds is 4. The Morgan fingerprint density at radius 2 is 1.89 bits per heavy atom. The van der Waals surface area contributed by atoms with Crippen LogP contribution in [0.3, 0.4) is 0 Å². The van der Waals surface area contributed by atoms with Crippen molar-refractivity contribution < 1.29 is 14.7 Å². The largest absolute Gasteiger partial charge is 0.481 e. The van der Waals surface area contributed by atoms with Gasteiger partial charge < -0.3 is 15.3 Å². The maximum atomic E-state index is 12.3. The number of hydrogen-bond acceptors (Lipinski definition) is 3. The number of carbonyl (C=O) groups excluding carboxylic acids is 1. The van der Waals surface area contributed by atoms with Crippen LogP contribution in [0.5, 0.6) is 0 Å². The van der Waals surface area contributed by atoms with E-state index in [9.17, 15) is 9.59 Å². The average Bonchev–Trinajstić information content (AvgIpc) is 2.26. The lowest BCUT2D eigenvalue weighted by molar-refractivity contribution is -0.149. The molecule has 2 aliphatic rings. The van der Waals surface area contributed by atoms with Gasteiger partial charge in [-0.1, -0.05) is 19.3 Å². The van der Waals surface area contributed by atoms with E-state index in [1.54, 1.807) is 11.9 Å². The Morgan fingerprint density at radius 3 is 2.33 bits per heavy atom. The molecule has 1 heterocycles. The lowest BCUT2D eigenvalue weighted by atomic mass is 9.77. The predicted octanol–water partition coefficient (Wildman–Crippen LogP) is 0.842. The van der Waals surface area contributed by atoms with E-state index in [0.29, 0.717) is 0 Å². The lowest BCUT2D eigenvalue weighted by Gasteiger charge is -2.46. The van der Waals surface area contributed by atoms with Crippen LogP contribution in [0, 0.1) is 5.92 Å². The van der Waals surface area contributed by atoms with Crippen LogP contribution in [0.25, 0.3) is 0 Å². The molecule has 1 amide bonds. The first-order chi connectivity index (χ1) is 8.55. The molecular weight excluding hydrogens is 232 g/mol. The van der Waals surface area contributed by atoms with Gasteiger partial charge in [0, 0.05) is 20.1 Å². The number of nitrogens with zero attached hydrogens (tertiary/aromatic N) is 1. The number of nitrogens with one attached hydrogen (secondary N) is 1. The van der Waals surface area contributed by atoms with E-state index >= 15 is 0 Å². The van der Waals surface area contributed by atoms with Crippen LogP contribution in [0.2, 0.25) is 0 Å². The minimum atomic E-state index is -0.803. The van der Waals surface area contributed by atoms with Gasteiger partial charge in [-0.25, -0.2) is 0 Å². The van der Waals surface area contributed by atoms with E-state index < -0.39 is 11.5 Å². The SMILES string of the molecule is CN(C(=O)C1CNC1)C1(CC(=O)O)CCCCC1. The molecule has 5 heteroatoms. The summed E-state index contributed by atoms with van der Waals surface area (Å²) in [6.45, 7) is 1.46. The van der Waals surface area contributed by atoms with Gasteiger partial charge in [0.15, 0.2) is 0 Å². The molecule has 0 aromatic carbocycles. The van der Waals surface area contributed by atoms with Crippen LogP contribution in [0.1, 0.15) is 38.5 Å². The molecule has 1 aliphatic carbocycles. The summed E-state index contributed by atoms with van der Waals surface area (Å²) in [5.74, 6) is -0.650. The fourth-order valence-corrected chi connectivity index (χ4v) is 3.09. The normalized spacial score (nSPS) is 23.2. The van der Waals surface area contributed by atoms with Crippen LogP contribution < -0.4 is 5.32 Å². The van der Waals surface area contributed by atoms with Gasteiger partial charge in [0.1, 0.15) is 0 Å². The van der Waals surface area contributed by atoms with E-state index in [4.69, 9.17) is 5.11 Å². The van der Waals surface area contributed by atoms with Crippen molar-refractivity contribution >= 4 is 11.9 Å². The van der Waals surface area contributed by atoms with E-state index in [1.807, 2.05) is 0 Å². The highest BCUT2D eigenvalue weighted by molar-refractivity contribution is 5.81. The van der Waals surface area contributed by atoms with Crippen molar-refractivity contribution in [2.24, 2.45) is 5.92 Å². The number of carboxylic acid groups (broad SMARTS) is 1. The molecule has 5 nitrogen and oxygen atoms in total. The van der Waals surface area contributed by atoms with E-state index in [0.717, 1.165) is 45.2 Å². The van der Waals surface area contributed by atoms with Crippen LogP contribution in [-0.2, 0) is 9.59 Å². The molecule has 1 saturated carbocycles. The molecule has 1 saturated heterocycles. The fourth-order valence-electron chi connectivity index (χ4n) is 3.09. The van der Waals surface area contributed by atoms with Gasteiger partial charge in [-0.15, -0.1) is 0 Å². The summed E-state index contributed by atoms with van der Waals surface area (Å²) >= 11 is 0. The predicted molar refractivity (Wildman–Crippen MR) is 67.2 cm³/mol. The first kappa shape index (κ1) is 13.3. The zero-order valence-electron chi connectivity index (χ0n) is 10.9. The average molecular weight is 254 g/mol. The highest BCUT2D eigenvalue weighted by atomic mass is 16.4. The van der Waals surface area contributed by atoms with E-state index in [1.165, 1.54) is 0 Å². The molecule has 2 fully saturated rings. The zero-order valence-corrected chi connectivity index (χ0v) is 10.9. The Hall–Kier alpha value is -1.10. The molecule has 0 aromatic heterocycles. The van der Waals surface area contributed by atoms with Gasteiger partial charge in [0.2, 0.25) is 5.91 Å². The molecule has 102 valence electrons. The maximum absolute atomic E-state index is 12.3. The van der Waals surface area contributed by atoms with Crippen molar-refractivity contribution in [2.75, 3.05) is 20.1 Å². The molecule has 0 unspecified atom stereocenters. The van der Waals surface area contributed by atoms with Crippen molar-refractivity contribution in [1.29, 1.82) is 0 Å². The summed E-state index contributed by atoms with van der Waals surface area (Å²) in [4.78, 5) is 25.1. The minimum Gasteiger partial charge on any atom is -0.481 e. The molecule has 0 radical (unpaired) electrons. The van der Waals surface area contributed by atoms with Crippen LogP contribution in [0.4, 0.5) is 0 Å². The molecule has 2 rings (SSSR count). The van der Waals surface area contributed by atoms with Crippen molar-refractivity contribution in [3.63, 3.8) is 0 Å². The molecule has 18 heavy (non-hydrogen) atoms. The van der Waals surface area contributed by atoms with Crippen LogP contribution in [0.15, 0.2) is 0 Å². The van der Waals surface area contributed by atoms with E-state index in [-0.39, 0.29) is 18.2 Å². The topological polar surface area (TPSA) is 69.6 Å². The minimum absolute atomic E-state index is 0.0441. The van der Waals surface area contributed by atoms with Gasteiger partial charge in [-0.05, 0) is 12.8 Å². The van der Waals surface area contributed by atoms with Crippen molar-refractivity contribution in [2.45, 2.75) is 44.1 Å². The molecule has 0 spiro atoms. The molecular formula is C13H22N2O3. The second-order valence-corrected chi connectivity index (χ2v) is 5.61. The summed E-state index contributed by atoms with van der Waals surface area (Å²) in [6.07, 6.45) is 4.91. The third-order valence-electron chi connectivity index (χ3n) is 4.44. The van der Waals surface area contributed by atoms with Crippen molar-refractivity contribution in [1.82, 2.24) is 10.2 Å². The molecule has 0 atom stereocenters. The Balaban J connectivity index is 2.11. The summed E-state index contributed by atoms with van der Waals surface area (Å²) in [7, 11) is 1.79. The smallest absolute Gasteiger partial charge is 0.305 e. The third-order valence-corrected chi connectivity index (χ3v) is 4.44. The van der Waals surface area contributed by atoms with Gasteiger partial charge in [0.25, 0.3) is 0 Å². The highest BCUT2D eigenvalue weighted by Crippen LogP contribution is 2.36. The monoisotopic (exact) mass is 254 g/mol. The number of hydrogen-bond donors (Lipinski definition) is 2. The lowest BCUT2D eigenvalue weighted by Crippen LogP contribution is -2.58. The maximum Gasteiger partial charge on any atom is 0.305 e. The second kappa shape index (κ2) is 5.26. The second-order valence-electron chi connectivity index (χ2n) is 5.61. The zero-order chi connectivity index (χ0) is 13.2. The summed E-state index contributed by atoms with van der Waals surface area (Å²) < 4.78 is 0.